The van der Waals surface area contributed by atoms with E-state index in [4.69, 9.17) is 5.73 Å². The summed E-state index contributed by atoms with van der Waals surface area (Å²) >= 11 is 0. The Morgan fingerprint density at radius 2 is 2.19 bits per heavy atom. The molecular weight excluding hydrogens is 332 g/mol. The Kier molecular flexibility index (Phi) is 3.65. The second kappa shape index (κ2) is 5.99. The molecule has 0 saturated heterocycles. The number of hydrogen-bond acceptors (Lipinski definition) is 5. The molecule has 0 unspecified atom stereocenters. The molecule has 1 aliphatic heterocycles. The van der Waals surface area contributed by atoms with Crippen LogP contribution in [-0.2, 0) is 4.79 Å². The van der Waals surface area contributed by atoms with Gasteiger partial charge in [0.25, 0.3) is 5.69 Å². The minimum Gasteiger partial charge on any atom is -0.618 e. The van der Waals surface area contributed by atoms with Crippen LogP contribution in [0.15, 0.2) is 65.1 Å². The number of rotatable bonds is 3. The maximum absolute atomic E-state index is 12.3. The van der Waals surface area contributed by atoms with Gasteiger partial charge in [-0.2, -0.15) is 9.83 Å². The van der Waals surface area contributed by atoms with Crippen molar-refractivity contribution in [2.24, 2.45) is 10.7 Å². The quantitative estimate of drug-likeness (QED) is 0.547. The van der Waals surface area contributed by atoms with E-state index in [1.54, 1.807) is 36.2 Å². The maximum Gasteiger partial charge on any atom is 0.259 e. The molecule has 0 bridgehead atoms. The molecule has 1 aromatic carbocycles. The fourth-order valence-corrected chi connectivity index (χ4v) is 3.07. The lowest BCUT2D eigenvalue weighted by atomic mass is 10.1. The van der Waals surface area contributed by atoms with Crippen molar-refractivity contribution in [2.45, 2.75) is 6.92 Å². The number of pyridine rings is 1. The molecular formula is C18H16N6O2. The number of benzene rings is 1. The molecule has 4 rings (SSSR count). The number of carbonyl (C=O) groups is 1. The average molecular weight is 348 g/mol. The number of nitrogens with two attached hydrogens (primary N) is 1. The van der Waals surface area contributed by atoms with Gasteiger partial charge in [0.05, 0.1) is 23.8 Å². The molecule has 0 aliphatic carbocycles. The van der Waals surface area contributed by atoms with Gasteiger partial charge in [0.1, 0.15) is 0 Å². The number of H-pyrrole nitrogens is 1. The van der Waals surface area contributed by atoms with Crippen LogP contribution < -0.4 is 15.4 Å². The molecule has 8 nitrogen and oxygen atoms in total. The molecule has 130 valence electrons. The van der Waals surface area contributed by atoms with Gasteiger partial charge in [0.15, 0.2) is 6.20 Å². The topological polar surface area (TPSA) is 114 Å². The molecule has 0 atom stereocenters. The lowest BCUT2D eigenvalue weighted by molar-refractivity contribution is -0.606. The second-order valence-corrected chi connectivity index (χ2v) is 5.96. The van der Waals surface area contributed by atoms with Crippen LogP contribution in [0.4, 0.5) is 5.69 Å². The smallest absolute Gasteiger partial charge is 0.259 e. The molecule has 26 heavy (non-hydrogen) atoms. The van der Waals surface area contributed by atoms with Crippen LogP contribution in [-0.4, -0.2) is 28.5 Å². The van der Waals surface area contributed by atoms with Crippen molar-refractivity contribution in [3.05, 3.63) is 71.0 Å². The molecule has 3 heterocycles. The van der Waals surface area contributed by atoms with E-state index in [1.807, 2.05) is 18.2 Å². The Balaban J connectivity index is 1.91. The van der Waals surface area contributed by atoms with E-state index in [2.05, 4.69) is 15.2 Å². The molecule has 3 aromatic rings. The zero-order chi connectivity index (χ0) is 18.3. The van der Waals surface area contributed by atoms with Gasteiger partial charge in [0, 0.05) is 28.9 Å². The Labute approximate surface area is 148 Å². The van der Waals surface area contributed by atoms with Crippen LogP contribution in [0.1, 0.15) is 12.6 Å². The van der Waals surface area contributed by atoms with Gasteiger partial charge in [-0.05, 0) is 31.2 Å². The monoisotopic (exact) mass is 348 g/mol. The van der Waals surface area contributed by atoms with Crippen LogP contribution in [0.25, 0.3) is 10.9 Å². The number of nitrogens with zero attached hydrogens (tertiary/aromatic N) is 4. The van der Waals surface area contributed by atoms with Gasteiger partial charge in [-0.15, -0.1) is 0 Å². The van der Waals surface area contributed by atoms with Gasteiger partial charge >= 0.3 is 0 Å². The number of aliphatic imine (C=N–C) groups is 1. The maximum atomic E-state index is 12.3. The number of aromatic amines is 1. The summed E-state index contributed by atoms with van der Waals surface area (Å²) in [4.78, 5) is 18.1. The Bertz CT molecular complexity index is 1080. The highest BCUT2D eigenvalue weighted by atomic mass is 16.5. The summed E-state index contributed by atoms with van der Waals surface area (Å²) in [7, 11) is 0. The van der Waals surface area contributed by atoms with Crippen molar-refractivity contribution in [1.29, 1.82) is 0 Å². The van der Waals surface area contributed by atoms with E-state index in [9.17, 15) is 10.0 Å². The average Bonchev–Trinajstić information content (AvgIpc) is 3.09. The fraction of sp³-hybridized carbons (Fsp3) is 0.111. The van der Waals surface area contributed by atoms with Crippen LogP contribution in [0, 0.1) is 5.21 Å². The van der Waals surface area contributed by atoms with Gasteiger partial charge in [-0.1, -0.05) is 0 Å². The summed E-state index contributed by atoms with van der Waals surface area (Å²) in [5.41, 5.74) is 8.61. The minimum absolute atomic E-state index is 0.135. The van der Waals surface area contributed by atoms with Crippen molar-refractivity contribution in [2.75, 3.05) is 11.4 Å². The normalized spacial score (nSPS) is 14.7. The number of aromatic nitrogens is 3. The number of carbonyl (C=O) groups excluding carboxylic acids is 1. The van der Waals surface area contributed by atoms with Gasteiger partial charge in [-0.3, -0.25) is 19.8 Å². The number of allylic oxidation sites excluding steroid dienone is 1. The van der Waals surface area contributed by atoms with Crippen molar-refractivity contribution in [3.8, 4) is 0 Å². The van der Waals surface area contributed by atoms with E-state index in [1.165, 1.54) is 6.20 Å². The summed E-state index contributed by atoms with van der Waals surface area (Å²) in [6.45, 7) is 1.93. The molecule has 0 spiro atoms. The third kappa shape index (κ3) is 2.48. The van der Waals surface area contributed by atoms with Crippen LogP contribution in [0.2, 0.25) is 0 Å². The van der Waals surface area contributed by atoms with E-state index >= 15 is 0 Å². The van der Waals surface area contributed by atoms with Gasteiger partial charge < -0.3 is 10.9 Å². The van der Waals surface area contributed by atoms with Crippen LogP contribution in [0.5, 0.6) is 0 Å². The lowest BCUT2D eigenvalue weighted by Crippen LogP contribution is -2.44. The molecule has 0 saturated carbocycles. The predicted molar refractivity (Wildman–Crippen MR) is 97.3 cm³/mol. The van der Waals surface area contributed by atoms with Crippen LogP contribution >= 0.6 is 0 Å². The van der Waals surface area contributed by atoms with E-state index in [0.717, 1.165) is 21.3 Å². The molecule has 3 N–H and O–H groups in total. The SMILES string of the molecule is CC1=C(C(N)=O)CN=C(c2cccc[n+]2[O-])N1c1ccc2[nH]ncc2c1. The first-order chi connectivity index (χ1) is 12.6. The summed E-state index contributed by atoms with van der Waals surface area (Å²) in [5, 5.41) is 20.1. The number of fused-ring (bicyclic) bond motifs is 1. The lowest BCUT2D eigenvalue weighted by Gasteiger charge is -2.30. The Hall–Kier alpha value is -3.68. The predicted octanol–water partition coefficient (Wildman–Crippen LogP) is 1.22. The Morgan fingerprint density at radius 1 is 1.35 bits per heavy atom. The molecule has 2 aromatic heterocycles. The highest BCUT2D eigenvalue weighted by molar-refractivity contribution is 6.13. The summed E-state index contributed by atoms with van der Waals surface area (Å²) in [5.74, 6) is -0.0614. The zero-order valence-electron chi connectivity index (χ0n) is 14.0. The second-order valence-electron chi connectivity index (χ2n) is 5.96. The molecule has 1 aliphatic rings. The Morgan fingerprint density at radius 3 is 2.96 bits per heavy atom. The third-order valence-electron chi connectivity index (χ3n) is 4.40. The highest BCUT2D eigenvalue weighted by Crippen LogP contribution is 2.29. The fourth-order valence-electron chi connectivity index (χ4n) is 3.07. The van der Waals surface area contributed by atoms with E-state index in [-0.39, 0.29) is 6.54 Å². The van der Waals surface area contributed by atoms with Gasteiger partial charge in [0.2, 0.25) is 11.7 Å². The van der Waals surface area contributed by atoms with Gasteiger partial charge in [-0.25, -0.2) is 0 Å². The molecule has 8 heteroatoms. The minimum atomic E-state index is -0.525. The molecule has 0 fully saturated rings. The van der Waals surface area contributed by atoms with Crippen molar-refractivity contribution in [1.82, 2.24) is 10.2 Å². The number of amidine groups is 1. The first kappa shape index (κ1) is 15.8. The number of primary amides is 1. The standard InChI is InChI=1S/C18H16N6O2/c1-11-14(17(19)25)10-20-18(16-4-2-3-7-23(16)26)24(11)13-5-6-15-12(8-13)9-21-22-15/h2-9H,10H2,1H3,(H2,19,25)(H,21,22). The zero-order valence-corrected chi connectivity index (χ0v) is 14.0. The number of amides is 1. The highest BCUT2D eigenvalue weighted by Gasteiger charge is 2.30. The third-order valence-corrected chi connectivity index (χ3v) is 4.40. The number of hydrogen-bond donors (Lipinski definition) is 2. The first-order valence-corrected chi connectivity index (χ1v) is 8.02. The summed E-state index contributed by atoms with van der Waals surface area (Å²) in [6.07, 6.45) is 3.13. The number of nitrogens with one attached hydrogen (secondary N) is 1. The van der Waals surface area contributed by atoms with Crippen LogP contribution in [0.3, 0.4) is 0 Å². The van der Waals surface area contributed by atoms with Crippen molar-refractivity contribution < 1.29 is 9.52 Å². The largest absolute Gasteiger partial charge is 0.618 e. The molecule has 1 amide bonds. The van der Waals surface area contributed by atoms with Crippen molar-refractivity contribution >= 4 is 28.3 Å². The summed E-state index contributed by atoms with van der Waals surface area (Å²) in [6, 6.07) is 10.8. The van der Waals surface area contributed by atoms with Crippen molar-refractivity contribution in [3.63, 3.8) is 0 Å². The number of anilines is 1. The van der Waals surface area contributed by atoms with E-state index < -0.39 is 5.91 Å². The molecule has 0 radical (unpaired) electrons. The van der Waals surface area contributed by atoms with E-state index in [0.29, 0.717) is 22.8 Å². The summed E-state index contributed by atoms with van der Waals surface area (Å²) < 4.78 is 0.755. The first-order valence-electron chi connectivity index (χ1n) is 8.02.